The molecule has 0 unspecified atom stereocenters. The predicted molar refractivity (Wildman–Crippen MR) is 78.4 cm³/mol. The van der Waals surface area contributed by atoms with Crippen LogP contribution in [0.4, 0.5) is 0 Å². The van der Waals surface area contributed by atoms with Crippen LogP contribution in [0.5, 0.6) is 0 Å². The van der Waals surface area contributed by atoms with Gasteiger partial charge in [0.1, 0.15) is 0 Å². The van der Waals surface area contributed by atoms with E-state index in [1.165, 1.54) is 12.8 Å². The Balaban J connectivity index is 0.000000771. The van der Waals surface area contributed by atoms with Crippen LogP contribution in [0.2, 0.25) is 0 Å². The molecule has 0 N–H and O–H groups in total. The molecule has 0 aromatic carbocycles. The number of rotatable bonds is 5. The zero-order chi connectivity index (χ0) is 13.6. The average molecular weight is 275 g/mol. The van der Waals surface area contributed by atoms with Crippen LogP contribution in [0.15, 0.2) is 0 Å². The molecule has 4 heteroatoms. The van der Waals surface area contributed by atoms with Crippen molar-refractivity contribution in [2.75, 3.05) is 37.7 Å². The van der Waals surface area contributed by atoms with Gasteiger partial charge in [0.15, 0.2) is 0 Å². The molecule has 0 atom stereocenters. The summed E-state index contributed by atoms with van der Waals surface area (Å²) in [6, 6.07) is 0. The van der Waals surface area contributed by atoms with E-state index in [4.69, 9.17) is 4.74 Å². The van der Waals surface area contributed by atoms with E-state index in [9.17, 15) is 4.21 Å². The van der Waals surface area contributed by atoms with Crippen molar-refractivity contribution in [3.8, 4) is 0 Å². The van der Waals surface area contributed by atoms with Gasteiger partial charge in [-0.3, -0.25) is 4.21 Å². The summed E-state index contributed by atoms with van der Waals surface area (Å²) in [7, 11) is -0.553. The van der Waals surface area contributed by atoms with E-state index in [0.29, 0.717) is 11.5 Å². The Bertz CT molecular complexity index is 255. The molecule has 0 aromatic heterocycles. The van der Waals surface area contributed by atoms with Crippen molar-refractivity contribution in [1.82, 2.24) is 4.90 Å². The third kappa shape index (κ3) is 5.37. The van der Waals surface area contributed by atoms with Gasteiger partial charge in [0.05, 0.1) is 12.7 Å². The van der Waals surface area contributed by atoms with Crippen molar-refractivity contribution in [2.24, 2.45) is 5.41 Å². The first-order valence-electron chi connectivity index (χ1n) is 7.29. The van der Waals surface area contributed by atoms with Crippen molar-refractivity contribution in [3.05, 3.63) is 0 Å². The van der Waals surface area contributed by atoms with Gasteiger partial charge in [-0.25, -0.2) is 0 Å². The van der Waals surface area contributed by atoms with Crippen LogP contribution in [-0.4, -0.2) is 53.0 Å². The molecule has 18 heavy (non-hydrogen) atoms. The van der Waals surface area contributed by atoms with Crippen molar-refractivity contribution < 1.29 is 8.95 Å². The maximum Gasteiger partial charge on any atom is 0.0538 e. The predicted octanol–water partition coefficient (Wildman–Crippen LogP) is 2.28. The molecular weight excluding hydrogens is 246 g/mol. The maximum absolute atomic E-state index is 11.3. The first-order chi connectivity index (χ1) is 8.60. The molecule has 0 aromatic rings. The van der Waals surface area contributed by atoms with Crippen LogP contribution < -0.4 is 0 Å². The molecule has 3 nitrogen and oxygen atoms in total. The second kappa shape index (κ2) is 7.61. The number of ether oxygens (including phenoxy) is 1. The summed E-state index contributed by atoms with van der Waals surface area (Å²) in [6.45, 7) is 12.3. The minimum absolute atomic E-state index is 0.339. The van der Waals surface area contributed by atoms with Crippen molar-refractivity contribution in [1.29, 1.82) is 0 Å². The highest BCUT2D eigenvalue weighted by molar-refractivity contribution is 7.85. The molecule has 0 radical (unpaired) electrons. The SMILES string of the molecule is CC.CC(C)OCC1(CN2CCS(=O)CC2)CC1. The van der Waals surface area contributed by atoms with Gasteiger partial charge in [0.25, 0.3) is 0 Å². The molecular formula is C14H29NO2S. The Morgan fingerprint density at radius 1 is 1.22 bits per heavy atom. The Morgan fingerprint density at radius 2 is 1.78 bits per heavy atom. The van der Waals surface area contributed by atoms with Crippen molar-refractivity contribution in [2.45, 2.75) is 46.6 Å². The summed E-state index contributed by atoms with van der Waals surface area (Å²) in [5, 5.41) is 0. The molecule has 1 heterocycles. The van der Waals surface area contributed by atoms with Gasteiger partial charge in [0, 0.05) is 47.4 Å². The zero-order valence-electron chi connectivity index (χ0n) is 12.4. The fourth-order valence-electron chi connectivity index (χ4n) is 2.18. The van der Waals surface area contributed by atoms with Crippen molar-refractivity contribution in [3.63, 3.8) is 0 Å². The van der Waals surface area contributed by atoms with E-state index in [0.717, 1.165) is 37.7 Å². The minimum Gasteiger partial charge on any atom is -0.378 e. The van der Waals surface area contributed by atoms with Crippen LogP contribution in [0.3, 0.4) is 0 Å². The van der Waals surface area contributed by atoms with Gasteiger partial charge in [-0.2, -0.15) is 0 Å². The van der Waals surface area contributed by atoms with Crippen molar-refractivity contribution >= 4 is 10.8 Å². The molecule has 1 saturated heterocycles. The number of hydrogen-bond acceptors (Lipinski definition) is 3. The Labute approximate surface area is 115 Å². The van der Waals surface area contributed by atoms with Gasteiger partial charge < -0.3 is 9.64 Å². The summed E-state index contributed by atoms with van der Waals surface area (Å²) < 4.78 is 17.0. The van der Waals surface area contributed by atoms with E-state index in [1.54, 1.807) is 0 Å². The zero-order valence-corrected chi connectivity index (χ0v) is 13.2. The summed E-state index contributed by atoms with van der Waals surface area (Å²) in [4.78, 5) is 2.47. The first-order valence-corrected chi connectivity index (χ1v) is 8.77. The summed E-state index contributed by atoms with van der Waals surface area (Å²) in [6.07, 6.45) is 2.95. The summed E-state index contributed by atoms with van der Waals surface area (Å²) >= 11 is 0. The van der Waals surface area contributed by atoms with Gasteiger partial charge in [0.2, 0.25) is 0 Å². The third-order valence-electron chi connectivity index (χ3n) is 3.51. The second-order valence-electron chi connectivity index (χ2n) is 5.48. The second-order valence-corrected chi connectivity index (χ2v) is 7.18. The third-order valence-corrected chi connectivity index (χ3v) is 4.79. The van der Waals surface area contributed by atoms with E-state index in [2.05, 4.69) is 18.7 Å². The average Bonchev–Trinajstić information content (AvgIpc) is 3.13. The normalized spacial score (nSPS) is 23.6. The molecule has 0 bridgehead atoms. The molecule has 2 rings (SSSR count). The minimum atomic E-state index is -0.553. The fraction of sp³-hybridized carbons (Fsp3) is 1.00. The smallest absolute Gasteiger partial charge is 0.0538 e. The first kappa shape index (κ1) is 16.1. The van der Waals surface area contributed by atoms with Gasteiger partial charge in [-0.05, 0) is 26.7 Å². The van der Waals surface area contributed by atoms with Crippen LogP contribution in [0.25, 0.3) is 0 Å². The molecule has 0 amide bonds. The van der Waals surface area contributed by atoms with Crippen LogP contribution in [0.1, 0.15) is 40.5 Å². The highest BCUT2D eigenvalue weighted by Crippen LogP contribution is 2.46. The monoisotopic (exact) mass is 275 g/mol. The summed E-state index contributed by atoms with van der Waals surface area (Å²) in [5.74, 6) is 1.72. The quantitative estimate of drug-likeness (QED) is 0.771. The molecule has 1 aliphatic carbocycles. The Kier molecular flexibility index (Phi) is 6.82. The maximum atomic E-state index is 11.3. The lowest BCUT2D eigenvalue weighted by molar-refractivity contribution is 0.0320. The van der Waals surface area contributed by atoms with E-state index >= 15 is 0 Å². The Hall–Kier alpha value is 0.0700. The van der Waals surface area contributed by atoms with E-state index in [1.807, 2.05) is 13.8 Å². The molecule has 2 fully saturated rings. The molecule has 1 aliphatic heterocycles. The lowest BCUT2D eigenvalue weighted by Gasteiger charge is -2.30. The molecule has 108 valence electrons. The van der Waals surface area contributed by atoms with Gasteiger partial charge in [-0.15, -0.1) is 0 Å². The van der Waals surface area contributed by atoms with Gasteiger partial charge >= 0.3 is 0 Å². The lowest BCUT2D eigenvalue weighted by atomic mass is 10.1. The lowest BCUT2D eigenvalue weighted by Crippen LogP contribution is -2.42. The van der Waals surface area contributed by atoms with Gasteiger partial charge in [-0.1, -0.05) is 13.8 Å². The van der Waals surface area contributed by atoms with E-state index < -0.39 is 10.8 Å². The van der Waals surface area contributed by atoms with E-state index in [-0.39, 0.29) is 0 Å². The topological polar surface area (TPSA) is 29.5 Å². The van der Waals surface area contributed by atoms with Crippen LogP contribution in [-0.2, 0) is 15.5 Å². The van der Waals surface area contributed by atoms with Crippen LogP contribution >= 0.6 is 0 Å². The number of nitrogens with zero attached hydrogens (tertiary/aromatic N) is 1. The summed E-state index contributed by atoms with van der Waals surface area (Å²) in [5.41, 5.74) is 0.434. The molecule has 1 saturated carbocycles. The highest BCUT2D eigenvalue weighted by Gasteiger charge is 2.44. The fourth-order valence-corrected chi connectivity index (χ4v) is 3.30. The standard InChI is InChI=1S/C12H23NO2S.C2H6/c1-11(2)15-10-12(3-4-12)9-13-5-7-16(14)8-6-13;1-2/h11H,3-10H2,1-2H3;1-2H3. The Morgan fingerprint density at radius 3 is 2.22 bits per heavy atom. The van der Waals surface area contributed by atoms with Crippen LogP contribution in [0, 0.1) is 5.41 Å². The molecule has 0 spiro atoms. The number of hydrogen-bond donors (Lipinski definition) is 0. The highest BCUT2D eigenvalue weighted by atomic mass is 32.2. The largest absolute Gasteiger partial charge is 0.378 e. The molecule has 2 aliphatic rings.